The normalized spacial score (nSPS) is 10.9. The molecule has 1 aromatic heterocycles. The number of carbonyl (C=O) groups excluding carboxylic acids is 1. The fraction of sp³-hybridized carbons (Fsp3) is 0.105. The quantitative estimate of drug-likeness (QED) is 0.584. The Morgan fingerprint density at radius 1 is 0.967 bits per heavy atom. The fourth-order valence-electron chi connectivity index (χ4n) is 2.37. The Morgan fingerprint density at radius 3 is 2.20 bits per heavy atom. The lowest BCUT2D eigenvalue weighted by Gasteiger charge is -2.12. The van der Waals surface area contributed by atoms with Crippen LogP contribution >= 0.6 is 11.6 Å². The van der Waals surface area contributed by atoms with E-state index in [0.29, 0.717) is 0 Å². The average Bonchev–Trinajstić information content (AvgIpc) is 2.73. The highest BCUT2D eigenvalue weighted by Gasteiger charge is 2.23. The van der Waals surface area contributed by atoms with Gasteiger partial charge < -0.3 is 14.2 Å². The predicted molar refractivity (Wildman–Crippen MR) is 108 cm³/mol. The first kappa shape index (κ1) is 21.3. The van der Waals surface area contributed by atoms with Crippen molar-refractivity contribution in [2.75, 3.05) is 14.2 Å². The lowest BCUT2D eigenvalue weighted by molar-refractivity contribution is 0.0979. The smallest absolute Gasteiger partial charge is 0.328 e. The molecule has 3 rings (SSSR count). The summed E-state index contributed by atoms with van der Waals surface area (Å²) in [6, 6.07) is 13.1. The molecule has 11 heteroatoms. The van der Waals surface area contributed by atoms with Gasteiger partial charge in [0.05, 0.1) is 30.9 Å². The minimum atomic E-state index is -4.21. The van der Waals surface area contributed by atoms with Gasteiger partial charge in [-0.3, -0.25) is 4.79 Å². The second-order valence-corrected chi connectivity index (χ2v) is 7.76. The number of ether oxygens (including phenoxy) is 3. The molecule has 0 saturated heterocycles. The molecule has 30 heavy (non-hydrogen) atoms. The Bertz CT molecular complexity index is 1160. The molecule has 0 saturated carbocycles. The number of nitrogens with zero attached hydrogens (tertiary/aromatic N) is 2. The summed E-state index contributed by atoms with van der Waals surface area (Å²) in [6.45, 7) is 0. The summed E-state index contributed by atoms with van der Waals surface area (Å²) < 4.78 is 42.8. The third kappa shape index (κ3) is 4.78. The maximum atomic E-state index is 12.7. The molecule has 0 atom stereocenters. The van der Waals surface area contributed by atoms with Crippen molar-refractivity contribution in [1.82, 2.24) is 14.7 Å². The highest BCUT2D eigenvalue weighted by molar-refractivity contribution is 7.90. The van der Waals surface area contributed by atoms with Crippen molar-refractivity contribution >= 4 is 27.5 Å². The third-order valence-electron chi connectivity index (χ3n) is 3.76. The molecule has 2 aromatic carbocycles. The molecule has 1 heterocycles. The molecule has 0 spiro atoms. The average molecular weight is 450 g/mol. The minimum absolute atomic E-state index is 0.0146. The summed E-state index contributed by atoms with van der Waals surface area (Å²) in [5, 5.41) is -0.0146. The number of sulfonamides is 1. The Morgan fingerprint density at radius 2 is 1.57 bits per heavy atom. The van der Waals surface area contributed by atoms with Crippen molar-refractivity contribution in [3.05, 3.63) is 65.2 Å². The SMILES string of the molecule is COc1cc(OC)nc(Oc2ccccc2C(=O)NS(=O)(=O)c2ccccc2Cl)n1. The van der Waals surface area contributed by atoms with Gasteiger partial charge in [-0.05, 0) is 24.3 Å². The number of halogens is 1. The van der Waals surface area contributed by atoms with E-state index in [2.05, 4.69) is 9.97 Å². The molecule has 0 aliphatic carbocycles. The van der Waals surface area contributed by atoms with Crippen LogP contribution in [-0.2, 0) is 10.0 Å². The lowest BCUT2D eigenvalue weighted by atomic mass is 10.2. The number of aromatic nitrogens is 2. The highest BCUT2D eigenvalue weighted by Crippen LogP contribution is 2.27. The van der Waals surface area contributed by atoms with Crippen LogP contribution in [0.4, 0.5) is 0 Å². The number of methoxy groups -OCH3 is 2. The largest absolute Gasteiger partial charge is 0.481 e. The molecule has 3 aromatic rings. The number of hydrogen-bond acceptors (Lipinski definition) is 8. The van der Waals surface area contributed by atoms with Crippen LogP contribution in [0.2, 0.25) is 5.02 Å². The van der Waals surface area contributed by atoms with Gasteiger partial charge in [-0.15, -0.1) is 0 Å². The van der Waals surface area contributed by atoms with Gasteiger partial charge in [0.1, 0.15) is 10.6 Å². The third-order valence-corrected chi connectivity index (χ3v) is 5.59. The van der Waals surface area contributed by atoms with E-state index in [-0.39, 0.29) is 39.0 Å². The van der Waals surface area contributed by atoms with Crippen LogP contribution in [-0.4, -0.2) is 38.5 Å². The van der Waals surface area contributed by atoms with E-state index < -0.39 is 15.9 Å². The van der Waals surface area contributed by atoms with Crippen molar-refractivity contribution in [3.8, 4) is 23.5 Å². The van der Waals surface area contributed by atoms with Gasteiger partial charge in [0.25, 0.3) is 15.9 Å². The maximum absolute atomic E-state index is 12.7. The molecule has 1 amide bonds. The summed E-state index contributed by atoms with van der Waals surface area (Å²) in [4.78, 5) is 20.5. The molecule has 0 fully saturated rings. The van der Waals surface area contributed by atoms with Gasteiger partial charge in [0, 0.05) is 0 Å². The van der Waals surface area contributed by atoms with Crippen LogP contribution in [0.5, 0.6) is 23.5 Å². The van der Waals surface area contributed by atoms with Gasteiger partial charge in [0.2, 0.25) is 11.8 Å². The predicted octanol–water partition coefficient (Wildman–Crippen LogP) is 3.06. The van der Waals surface area contributed by atoms with E-state index in [4.69, 9.17) is 25.8 Å². The van der Waals surface area contributed by atoms with Gasteiger partial charge in [-0.25, -0.2) is 13.1 Å². The Kier molecular flexibility index (Phi) is 6.38. The molecular weight excluding hydrogens is 434 g/mol. The number of carbonyl (C=O) groups is 1. The number of amides is 1. The van der Waals surface area contributed by atoms with Crippen LogP contribution in [0.1, 0.15) is 10.4 Å². The van der Waals surface area contributed by atoms with E-state index in [1.165, 1.54) is 50.6 Å². The van der Waals surface area contributed by atoms with E-state index in [1.54, 1.807) is 18.2 Å². The van der Waals surface area contributed by atoms with Crippen molar-refractivity contribution in [3.63, 3.8) is 0 Å². The molecule has 156 valence electrons. The second kappa shape index (κ2) is 8.97. The van der Waals surface area contributed by atoms with E-state index in [9.17, 15) is 13.2 Å². The van der Waals surface area contributed by atoms with Gasteiger partial charge >= 0.3 is 6.01 Å². The molecule has 0 radical (unpaired) electrons. The number of rotatable bonds is 7. The van der Waals surface area contributed by atoms with Gasteiger partial charge in [-0.1, -0.05) is 35.9 Å². The summed E-state index contributed by atoms with van der Waals surface area (Å²) in [5.41, 5.74) is -0.0569. The summed E-state index contributed by atoms with van der Waals surface area (Å²) in [6.07, 6.45) is 0. The molecule has 0 aliphatic heterocycles. The molecular formula is C19H16ClN3O6S. The first-order valence-corrected chi connectivity index (χ1v) is 10.3. The Balaban J connectivity index is 1.90. The van der Waals surface area contributed by atoms with Crippen molar-refractivity contribution < 1.29 is 27.4 Å². The van der Waals surface area contributed by atoms with E-state index in [0.717, 1.165) is 0 Å². The molecule has 0 unspecified atom stereocenters. The van der Waals surface area contributed by atoms with Crippen molar-refractivity contribution in [1.29, 1.82) is 0 Å². The maximum Gasteiger partial charge on any atom is 0.328 e. The molecule has 1 N–H and O–H groups in total. The highest BCUT2D eigenvalue weighted by atomic mass is 35.5. The zero-order valence-corrected chi connectivity index (χ0v) is 17.4. The minimum Gasteiger partial charge on any atom is -0.481 e. The van der Waals surface area contributed by atoms with Crippen LogP contribution in [0.3, 0.4) is 0 Å². The number of para-hydroxylation sites is 1. The summed E-state index contributed by atoms with van der Waals surface area (Å²) in [5.74, 6) is -0.528. The number of nitrogens with one attached hydrogen (secondary N) is 1. The number of benzene rings is 2. The Hall–Kier alpha value is -3.37. The van der Waals surface area contributed by atoms with E-state index >= 15 is 0 Å². The standard InChI is InChI=1S/C19H16ClN3O6S/c1-27-16-11-17(28-2)22-19(21-16)29-14-9-5-3-7-12(14)18(24)23-30(25,26)15-10-6-4-8-13(15)20/h3-11H,1-2H3,(H,23,24). The molecule has 0 bridgehead atoms. The van der Waals surface area contributed by atoms with Crippen LogP contribution in [0, 0.1) is 0 Å². The monoisotopic (exact) mass is 449 g/mol. The Labute approximate surface area is 177 Å². The number of hydrogen-bond donors (Lipinski definition) is 1. The summed E-state index contributed by atoms with van der Waals surface area (Å²) >= 11 is 5.94. The van der Waals surface area contributed by atoms with Crippen LogP contribution in [0.25, 0.3) is 0 Å². The van der Waals surface area contributed by atoms with Gasteiger partial charge in [0.15, 0.2) is 0 Å². The van der Waals surface area contributed by atoms with Crippen LogP contribution < -0.4 is 18.9 Å². The summed E-state index contributed by atoms with van der Waals surface area (Å²) in [7, 11) is -1.39. The van der Waals surface area contributed by atoms with Crippen molar-refractivity contribution in [2.24, 2.45) is 0 Å². The zero-order valence-electron chi connectivity index (χ0n) is 15.8. The zero-order chi connectivity index (χ0) is 21.7. The molecule has 0 aliphatic rings. The van der Waals surface area contributed by atoms with Gasteiger partial charge in [-0.2, -0.15) is 9.97 Å². The second-order valence-electron chi connectivity index (χ2n) is 5.70. The molecule has 9 nitrogen and oxygen atoms in total. The first-order valence-electron chi connectivity index (χ1n) is 8.39. The van der Waals surface area contributed by atoms with Crippen molar-refractivity contribution in [2.45, 2.75) is 4.90 Å². The fourth-order valence-corrected chi connectivity index (χ4v) is 3.86. The topological polar surface area (TPSA) is 117 Å². The van der Waals surface area contributed by atoms with E-state index in [1.807, 2.05) is 4.72 Å². The first-order chi connectivity index (χ1) is 14.3. The van der Waals surface area contributed by atoms with Crippen LogP contribution in [0.15, 0.2) is 59.5 Å². The lowest BCUT2D eigenvalue weighted by Crippen LogP contribution is -2.31.